The Bertz CT molecular complexity index is 2830. The normalized spacial score (nSPS) is 11.8. The minimum Gasteiger partial charge on any atom is -0.454 e. The van der Waals surface area contributed by atoms with Crippen LogP contribution in [0.5, 0.6) is 0 Å². The van der Waals surface area contributed by atoms with E-state index in [0.717, 1.165) is 39.0 Å². The Hall–Kier alpha value is -6.38. The van der Waals surface area contributed by atoms with Crippen LogP contribution in [0.1, 0.15) is 0 Å². The van der Waals surface area contributed by atoms with Crippen LogP contribution in [0.15, 0.2) is 180 Å². The zero-order valence-electron chi connectivity index (χ0n) is 26.1. The lowest BCUT2D eigenvalue weighted by Gasteiger charge is -2.27. The van der Waals surface area contributed by atoms with Gasteiger partial charge in [-0.05, 0) is 90.6 Å². The first-order valence-electron chi connectivity index (χ1n) is 16.4. The van der Waals surface area contributed by atoms with Gasteiger partial charge < -0.3 is 9.32 Å². The van der Waals surface area contributed by atoms with E-state index in [9.17, 15) is 0 Å². The van der Waals surface area contributed by atoms with E-state index >= 15 is 0 Å². The largest absolute Gasteiger partial charge is 0.454 e. The van der Waals surface area contributed by atoms with Gasteiger partial charge in [-0.2, -0.15) is 0 Å². The first kappa shape index (κ1) is 26.8. The summed E-state index contributed by atoms with van der Waals surface area (Å²) in [7, 11) is 0. The standard InChI is InChI=1S/C46H29NO/c1-2-10-30(11-3-1)31-22-24-36(25-23-31)47(42-29-34-13-5-7-15-39(34)45-41-16-8-9-17-43(41)48-46(42)45)37-26-27-40-35(28-37)21-20-33-19-18-32-12-4-6-14-38(32)44(33)40/h1-29H. The molecule has 0 bridgehead atoms. The van der Waals surface area contributed by atoms with Crippen LogP contribution in [-0.2, 0) is 0 Å². The molecule has 9 aromatic carbocycles. The Morgan fingerprint density at radius 2 is 0.917 bits per heavy atom. The number of anilines is 3. The number of furan rings is 1. The summed E-state index contributed by atoms with van der Waals surface area (Å²) < 4.78 is 6.76. The van der Waals surface area contributed by atoms with Gasteiger partial charge in [-0.15, -0.1) is 0 Å². The predicted molar refractivity (Wildman–Crippen MR) is 204 cm³/mol. The summed E-state index contributed by atoms with van der Waals surface area (Å²) >= 11 is 0. The molecule has 48 heavy (non-hydrogen) atoms. The van der Waals surface area contributed by atoms with Crippen molar-refractivity contribution >= 4 is 82.1 Å². The average Bonchev–Trinajstić information content (AvgIpc) is 3.55. The summed E-state index contributed by atoms with van der Waals surface area (Å²) in [6, 6.07) is 63.2. The van der Waals surface area contributed by atoms with E-state index < -0.39 is 0 Å². The second-order valence-corrected chi connectivity index (χ2v) is 12.5. The summed E-state index contributed by atoms with van der Waals surface area (Å²) in [5.41, 5.74) is 7.31. The van der Waals surface area contributed by atoms with Gasteiger partial charge in [-0.25, -0.2) is 0 Å². The molecule has 0 aliphatic rings. The molecular formula is C46H29NO. The fourth-order valence-corrected chi connectivity index (χ4v) is 7.55. The topological polar surface area (TPSA) is 16.4 Å². The van der Waals surface area contributed by atoms with E-state index in [4.69, 9.17) is 4.42 Å². The molecule has 0 N–H and O–H groups in total. The predicted octanol–water partition coefficient (Wildman–Crippen LogP) is 13.3. The highest BCUT2D eigenvalue weighted by atomic mass is 16.3. The zero-order chi connectivity index (χ0) is 31.6. The van der Waals surface area contributed by atoms with Crippen LogP contribution in [0.3, 0.4) is 0 Å². The van der Waals surface area contributed by atoms with Gasteiger partial charge in [0.15, 0.2) is 5.58 Å². The van der Waals surface area contributed by atoms with Gasteiger partial charge in [0.05, 0.1) is 5.69 Å². The van der Waals surface area contributed by atoms with Crippen LogP contribution in [0, 0.1) is 0 Å². The minimum absolute atomic E-state index is 0.881. The molecular weight excluding hydrogens is 583 g/mol. The number of fused-ring (bicyclic) bond motifs is 10. The van der Waals surface area contributed by atoms with Crippen molar-refractivity contribution < 1.29 is 4.42 Å². The second kappa shape index (κ2) is 10.6. The fraction of sp³-hybridized carbons (Fsp3) is 0. The maximum atomic E-state index is 6.76. The molecule has 0 unspecified atom stereocenters. The Morgan fingerprint density at radius 3 is 1.73 bits per heavy atom. The first-order valence-corrected chi connectivity index (χ1v) is 16.4. The third-order valence-electron chi connectivity index (χ3n) is 9.79. The van der Waals surface area contributed by atoms with Crippen molar-refractivity contribution in [2.45, 2.75) is 0 Å². The molecule has 0 radical (unpaired) electrons. The number of hydrogen-bond acceptors (Lipinski definition) is 2. The van der Waals surface area contributed by atoms with Gasteiger partial charge in [0.1, 0.15) is 5.58 Å². The molecule has 0 atom stereocenters. The van der Waals surface area contributed by atoms with Crippen LogP contribution in [0.2, 0.25) is 0 Å². The second-order valence-electron chi connectivity index (χ2n) is 12.5. The smallest absolute Gasteiger partial charge is 0.160 e. The van der Waals surface area contributed by atoms with Crippen LogP contribution in [0.4, 0.5) is 17.1 Å². The van der Waals surface area contributed by atoms with Crippen molar-refractivity contribution in [1.29, 1.82) is 0 Å². The molecule has 2 nitrogen and oxygen atoms in total. The molecule has 0 saturated carbocycles. The van der Waals surface area contributed by atoms with E-state index in [1.165, 1.54) is 54.2 Å². The number of rotatable bonds is 4. The van der Waals surface area contributed by atoms with Crippen LogP contribution < -0.4 is 4.90 Å². The van der Waals surface area contributed by atoms with Crippen molar-refractivity contribution in [2.75, 3.05) is 4.90 Å². The third kappa shape index (κ3) is 4.13. The summed E-state index contributed by atoms with van der Waals surface area (Å²) in [4.78, 5) is 2.36. The van der Waals surface area contributed by atoms with Crippen molar-refractivity contribution in [1.82, 2.24) is 0 Å². The average molecular weight is 612 g/mol. The third-order valence-corrected chi connectivity index (χ3v) is 9.79. The maximum absolute atomic E-state index is 6.76. The monoisotopic (exact) mass is 611 g/mol. The molecule has 1 heterocycles. The lowest BCUT2D eigenvalue weighted by Crippen LogP contribution is -2.10. The number of hydrogen-bond donors (Lipinski definition) is 0. The molecule has 10 rings (SSSR count). The maximum Gasteiger partial charge on any atom is 0.160 e. The lowest BCUT2D eigenvalue weighted by atomic mass is 9.96. The summed E-state index contributed by atoms with van der Waals surface area (Å²) in [6.45, 7) is 0. The van der Waals surface area contributed by atoms with Crippen LogP contribution >= 0.6 is 0 Å². The van der Waals surface area contributed by atoms with E-state index in [1.807, 2.05) is 6.07 Å². The summed E-state index contributed by atoms with van der Waals surface area (Å²) in [5.74, 6) is 0. The molecule has 0 saturated heterocycles. The first-order chi connectivity index (χ1) is 23.8. The van der Waals surface area contributed by atoms with Crippen molar-refractivity contribution in [3.8, 4) is 11.1 Å². The SMILES string of the molecule is c1ccc(-c2ccc(N(c3ccc4c(ccc5ccc6ccccc6c54)c3)c3cc4ccccc4c4c3oc3ccccc34)cc2)cc1. The molecule has 0 aliphatic heterocycles. The van der Waals surface area contributed by atoms with Crippen molar-refractivity contribution in [3.05, 3.63) is 176 Å². The highest BCUT2D eigenvalue weighted by Crippen LogP contribution is 2.46. The fourth-order valence-electron chi connectivity index (χ4n) is 7.55. The van der Waals surface area contributed by atoms with E-state index in [0.29, 0.717) is 0 Å². The zero-order valence-corrected chi connectivity index (χ0v) is 26.1. The summed E-state index contributed by atoms with van der Waals surface area (Å²) in [5, 5.41) is 12.2. The quantitative estimate of drug-likeness (QED) is 0.184. The van der Waals surface area contributed by atoms with Crippen LogP contribution in [0.25, 0.3) is 76.2 Å². The molecule has 10 aromatic rings. The molecule has 224 valence electrons. The van der Waals surface area contributed by atoms with Crippen LogP contribution in [-0.4, -0.2) is 0 Å². The van der Waals surface area contributed by atoms with Gasteiger partial charge in [0.2, 0.25) is 0 Å². The van der Waals surface area contributed by atoms with Crippen molar-refractivity contribution in [3.63, 3.8) is 0 Å². The molecule has 0 spiro atoms. The van der Waals surface area contributed by atoms with E-state index in [-0.39, 0.29) is 0 Å². The Kier molecular flexibility index (Phi) is 5.91. The van der Waals surface area contributed by atoms with E-state index in [2.05, 4.69) is 175 Å². The minimum atomic E-state index is 0.881. The molecule has 0 amide bonds. The number of nitrogens with zero attached hydrogens (tertiary/aromatic N) is 1. The van der Waals surface area contributed by atoms with E-state index in [1.54, 1.807) is 0 Å². The van der Waals surface area contributed by atoms with Gasteiger partial charge in [-0.3, -0.25) is 0 Å². The molecule has 0 aliphatic carbocycles. The highest BCUT2D eigenvalue weighted by molar-refractivity contribution is 6.24. The number of para-hydroxylation sites is 1. The number of benzene rings is 9. The Labute approximate surface area is 277 Å². The Balaban J connectivity index is 1.25. The van der Waals surface area contributed by atoms with Gasteiger partial charge in [0.25, 0.3) is 0 Å². The highest BCUT2D eigenvalue weighted by Gasteiger charge is 2.22. The Morgan fingerprint density at radius 1 is 0.354 bits per heavy atom. The molecule has 1 aromatic heterocycles. The lowest BCUT2D eigenvalue weighted by molar-refractivity contribution is 0.669. The molecule has 2 heteroatoms. The van der Waals surface area contributed by atoms with Crippen molar-refractivity contribution in [2.24, 2.45) is 0 Å². The van der Waals surface area contributed by atoms with Gasteiger partial charge in [-0.1, -0.05) is 140 Å². The van der Waals surface area contributed by atoms with Gasteiger partial charge >= 0.3 is 0 Å². The molecule has 0 fully saturated rings. The summed E-state index contributed by atoms with van der Waals surface area (Å²) in [6.07, 6.45) is 0. The van der Waals surface area contributed by atoms with Gasteiger partial charge in [0, 0.05) is 22.1 Å².